The Bertz CT molecular complexity index is 342. The molecular weight excluding hydrogens is 263 g/mol. The molecule has 8 heteroatoms. The van der Waals surface area contributed by atoms with Crippen molar-refractivity contribution >= 4 is 24.4 Å². The number of methoxy groups -OCH3 is 1. The van der Waals surface area contributed by atoms with Crippen LogP contribution in [0.1, 0.15) is 20.3 Å². The van der Waals surface area contributed by atoms with Gasteiger partial charge in [0.1, 0.15) is 6.04 Å². The monoisotopic (exact) mass is 279 g/mol. The molecule has 1 N–H and O–H groups in total. The number of nitrogens with one attached hydrogen (secondary N) is 1. The van der Waals surface area contributed by atoms with Gasteiger partial charge in [-0.2, -0.15) is 5.26 Å². The Balaban J connectivity index is 4.48. The van der Waals surface area contributed by atoms with Gasteiger partial charge in [0.2, 0.25) is 0 Å². The van der Waals surface area contributed by atoms with E-state index in [2.05, 4.69) is 9.82 Å². The molecule has 0 amide bonds. The van der Waals surface area contributed by atoms with Crippen LogP contribution in [-0.2, 0) is 25.9 Å². The molecule has 0 heterocycles. The highest BCUT2D eigenvalue weighted by molar-refractivity contribution is 8.07. The third-order valence-corrected chi connectivity index (χ3v) is 3.64. The summed E-state index contributed by atoms with van der Waals surface area (Å²) in [7, 11) is 1.24. The maximum atomic E-state index is 11.8. The van der Waals surface area contributed by atoms with Gasteiger partial charge in [0, 0.05) is 0 Å². The number of esters is 1. The summed E-state index contributed by atoms with van der Waals surface area (Å²) in [6.45, 7) is -0.0232. The van der Waals surface area contributed by atoms with Gasteiger partial charge in [-0.25, -0.2) is 0 Å². The Kier molecular flexibility index (Phi) is 7.51. The number of ether oxygens (including phenoxy) is 1. The molecule has 0 rings (SSSR count). The molecule has 17 heavy (non-hydrogen) atoms. The van der Waals surface area contributed by atoms with E-state index in [-0.39, 0.29) is 18.9 Å². The smallest absolute Gasteiger partial charge is 0.323 e. The number of carbonyl (C=O) groups excluding carboxylic acids is 1. The molecule has 0 aromatic rings. The topological polar surface area (TPSA) is 94.4 Å². The fourth-order valence-corrected chi connectivity index (χ4v) is 2.73. The molecule has 0 bridgehead atoms. The number of nitrogens with zero attached hydrogens (tertiary/aromatic N) is 1. The Labute approximate surface area is 106 Å². The lowest BCUT2D eigenvalue weighted by molar-refractivity contribution is -0.187. The van der Waals surface area contributed by atoms with Gasteiger partial charge in [-0.1, -0.05) is 25.7 Å². The van der Waals surface area contributed by atoms with Gasteiger partial charge in [-0.3, -0.25) is 9.88 Å². The van der Waals surface area contributed by atoms with Crippen LogP contribution in [0.5, 0.6) is 0 Å². The molecule has 0 aliphatic rings. The van der Waals surface area contributed by atoms with Crippen LogP contribution >= 0.6 is 6.64 Å². The normalized spacial score (nSPS) is 16.0. The summed E-state index contributed by atoms with van der Waals surface area (Å²) in [4.78, 5) is 23.2. The molecule has 0 spiro atoms. The first-order valence-corrected chi connectivity index (χ1v) is 7.66. The third kappa shape index (κ3) is 6.71. The minimum Gasteiger partial charge on any atom is -0.789 e. The summed E-state index contributed by atoms with van der Waals surface area (Å²) in [5, 5.41) is 10.8. The van der Waals surface area contributed by atoms with Crippen molar-refractivity contribution < 1.29 is 18.9 Å². The molecule has 98 valence electrons. The fourth-order valence-electron chi connectivity index (χ4n) is 1.02. The first-order valence-electron chi connectivity index (χ1n) is 5.02. The van der Waals surface area contributed by atoms with Crippen LogP contribution in [0, 0.1) is 17.2 Å². The second kappa shape index (κ2) is 7.75. The Morgan fingerprint density at radius 1 is 1.65 bits per heavy atom. The van der Waals surface area contributed by atoms with E-state index in [4.69, 9.17) is 21.6 Å². The van der Waals surface area contributed by atoms with Crippen molar-refractivity contribution in [2.45, 2.75) is 26.3 Å². The van der Waals surface area contributed by atoms with Gasteiger partial charge in [0.25, 0.3) is 0 Å². The fraction of sp³-hybridized carbons (Fsp3) is 0.778. The summed E-state index contributed by atoms with van der Waals surface area (Å²) in [5.74, 6) is -0.688. The van der Waals surface area contributed by atoms with Gasteiger partial charge in [-0.15, -0.1) is 0 Å². The van der Waals surface area contributed by atoms with E-state index in [1.54, 1.807) is 13.8 Å². The number of hydrogen-bond donors (Lipinski definition) is 1. The van der Waals surface area contributed by atoms with Crippen LogP contribution in [-0.4, -0.2) is 25.7 Å². The number of carbonyl (C=O) groups is 1. The SMILES string of the molecule is COC(=O)C(NP([O-])(=S)OCCC#N)C(C)C. The molecule has 0 radical (unpaired) electrons. The maximum Gasteiger partial charge on any atom is 0.323 e. The quantitative estimate of drug-likeness (QED) is 0.406. The van der Waals surface area contributed by atoms with Crippen LogP contribution in [0.15, 0.2) is 0 Å². The standard InChI is InChI=1S/C9H17N2O4PS/c1-7(2)8(9(12)14-3)11-16(13,17)15-6-4-5-10/h7-8H,4,6H2,1-3H3,(H2,11,13,17)/p-1. The van der Waals surface area contributed by atoms with E-state index < -0.39 is 18.7 Å². The van der Waals surface area contributed by atoms with Crippen molar-refractivity contribution in [3.05, 3.63) is 0 Å². The molecule has 6 nitrogen and oxygen atoms in total. The van der Waals surface area contributed by atoms with Gasteiger partial charge >= 0.3 is 5.97 Å². The van der Waals surface area contributed by atoms with Crippen molar-refractivity contribution in [1.82, 2.24) is 5.09 Å². The number of nitriles is 1. The molecule has 0 aromatic heterocycles. The zero-order valence-corrected chi connectivity index (χ0v) is 11.7. The van der Waals surface area contributed by atoms with E-state index >= 15 is 0 Å². The zero-order chi connectivity index (χ0) is 13.5. The molecule has 2 unspecified atom stereocenters. The van der Waals surface area contributed by atoms with Crippen molar-refractivity contribution in [1.29, 1.82) is 5.26 Å². The summed E-state index contributed by atoms with van der Waals surface area (Å²) in [6, 6.07) is 1.05. The van der Waals surface area contributed by atoms with Gasteiger partial charge < -0.3 is 14.2 Å². The lowest BCUT2D eigenvalue weighted by atomic mass is 10.1. The maximum absolute atomic E-state index is 11.8. The van der Waals surface area contributed by atoms with Crippen molar-refractivity contribution in [3.8, 4) is 6.07 Å². The average Bonchev–Trinajstić information content (AvgIpc) is 2.25. The minimum absolute atomic E-state index is 0.0315. The first-order chi connectivity index (χ1) is 7.84. The van der Waals surface area contributed by atoms with Gasteiger partial charge in [0.15, 0.2) is 0 Å². The van der Waals surface area contributed by atoms with Crippen molar-refractivity contribution in [3.63, 3.8) is 0 Å². The molecule has 0 saturated carbocycles. The highest BCUT2D eigenvalue weighted by atomic mass is 32.5. The average molecular weight is 279 g/mol. The van der Waals surface area contributed by atoms with Gasteiger partial charge in [-0.05, 0) is 5.92 Å². The molecule has 2 atom stereocenters. The predicted octanol–water partition coefficient (Wildman–Crippen LogP) is 0.289. The predicted molar refractivity (Wildman–Crippen MR) is 64.2 cm³/mol. The molecule has 0 aliphatic heterocycles. The van der Waals surface area contributed by atoms with E-state index in [1.807, 2.05) is 6.07 Å². The second-order valence-electron chi connectivity index (χ2n) is 3.61. The van der Waals surface area contributed by atoms with E-state index in [0.29, 0.717) is 0 Å². The Hall–Kier alpha value is -0.510. The summed E-state index contributed by atoms with van der Waals surface area (Å²) in [5.41, 5.74) is 0. The van der Waals surface area contributed by atoms with E-state index in [9.17, 15) is 9.69 Å². The van der Waals surface area contributed by atoms with Crippen LogP contribution < -0.4 is 9.98 Å². The largest absolute Gasteiger partial charge is 0.789 e. The second-order valence-corrected chi connectivity index (χ2v) is 6.57. The van der Waals surface area contributed by atoms with E-state index in [0.717, 1.165) is 0 Å². The number of rotatable bonds is 7. The van der Waals surface area contributed by atoms with Crippen LogP contribution in [0.3, 0.4) is 0 Å². The Morgan fingerprint density at radius 3 is 2.65 bits per heavy atom. The molecule has 0 aromatic carbocycles. The third-order valence-electron chi connectivity index (χ3n) is 1.89. The summed E-state index contributed by atoms with van der Waals surface area (Å²) >= 11 is 4.72. The molecular formula is C9H16N2O4PS-. The van der Waals surface area contributed by atoms with Crippen LogP contribution in [0.2, 0.25) is 0 Å². The minimum atomic E-state index is -3.52. The van der Waals surface area contributed by atoms with Crippen molar-refractivity contribution in [2.24, 2.45) is 5.92 Å². The zero-order valence-electron chi connectivity index (χ0n) is 10.0. The van der Waals surface area contributed by atoms with Crippen LogP contribution in [0.25, 0.3) is 0 Å². The van der Waals surface area contributed by atoms with E-state index in [1.165, 1.54) is 7.11 Å². The lowest BCUT2D eigenvalue weighted by Crippen LogP contribution is -2.42. The first kappa shape index (κ1) is 16.5. The number of hydrogen-bond acceptors (Lipinski definition) is 6. The molecule has 0 fully saturated rings. The van der Waals surface area contributed by atoms with Gasteiger partial charge in [0.05, 0.1) is 32.8 Å². The summed E-state index contributed by atoms with van der Waals surface area (Å²) in [6.07, 6.45) is 0.0902. The molecule has 0 saturated heterocycles. The Morgan fingerprint density at radius 2 is 2.24 bits per heavy atom. The lowest BCUT2D eigenvalue weighted by Gasteiger charge is -2.33. The highest BCUT2D eigenvalue weighted by Gasteiger charge is 2.25. The summed E-state index contributed by atoms with van der Waals surface area (Å²) < 4.78 is 9.44. The molecule has 0 aliphatic carbocycles. The highest BCUT2D eigenvalue weighted by Crippen LogP contribution is 2.34. The van der Waals surface area contributed by atoms with Crippen molar-refractivity contribution in [2.75, 3.05) is 13.7 Å². The van der Waals surface area contributed by atoms with Crippen LogP contribution in [0.4, 0.5) is 0 Å².